The van der Waals surface area contributed by atoms with Gasteiger partial charge in [-0.05, 0) is 42.7 Å². The van der Waals surface area contributed by atoms with Gasteiger partial charge >= 0.3 is 5.69 Å². The van der Waals surface area contributed by atoms with Crippen LogP contribution in [0.1, 0.15) is 30.9 Å². The average molecular weight is 377 g/mol. The van der Waals surface area contributed by atoms with Crippen molar-refractivity contribution >= 4 is 34.6 Å². The molecule has 1 fully saturated rings. The minimum Gasteiger partial charge on any atom is -0.396 e. The molecule has 0 bridgehead atoms. The molecule has 1 aromatic heterocycles. The molecule has 2 N–H and O–H groups in total. The van der Waals surface area contributed by atoms with Crippen LogP contribution >= 0.6 is 11.8 Å². The number of aromatic nitrogens is 2. The van der Waals surface area contributed by atoms with Crippen molar-refractivity contribution in [1.29, 1.82) is 0 Å². The fourth-order valence-corrected chi connectivity index (χ4v) is 4.02. The number of benzene rings is 1. The van der Waals surface area contributed by atoms with E-state index in [1.807, 2.05) is 18.2 Å². The maximum atomic E-state index is 12.7. The van der Waals surface area contributed by atoms with Gasteiger partial charge in [-0.1, -0.05) is 6.07 Å². The second kappa shape index (κ2) is 8.09. The summed E-state index contributed by atoms with van der Waals surface area (Å²) in [6, 6.07) is 5.22. The number of imidazole rings is 1. The maximum absolute atomic E-state index is 12.7. The van der Waals surface area contributed by atoms with E-state index in [4.69, 9.17) is 5.11 Å². The Bertz CT molecular complexity index is 886. The van der Waals surface area contributed by atoms with E-state index in [1.165, 1.54) is 4.57 Å². The van der Waals surface area contributed by atoms with Crippen molar-refractivity contribution < 1.29 is 14.7 Å². The summed E-state index contributed by atoms with van der Waals surface area (Å²) in [5.41, 5.74) is 2.40. The highest BCUT2D eigenvalue weighted by Crippen LogP contribution is 2.24. The van der Waals surface area contributed by atoms with Crippen molar-refractivity contribution in [2.45, 2.75) is 31.7 Å². The standard InChI is InChI=1S/C18H23N3O4S/c1-20-15-11-12(3-2-9-26-10-8-22)4-5-13(15)21(18(20)25)14-6-7-16(23)19-17(14)24/h4-5,11,14,22H,2-3,6-10H2,1H3,(H,19,23,24). The van der Waals surface area contributed by atoms with Crippen LogP contribution in [0.2, 0.25) is 0 Å². The van der Waals surface area contributed by atoms with E-state index in [2.05, 4.69) is 5.32 Å². The van der Waals surface area contributed by atoms with Crippen LogP contribution in [0.5, 0.6) is 0 Å². The second-order valence-corrected chi connectivity index (χ2v) is 7.67. The lowest BCUT2D eigenvalue weighted by molar-refractivity contribution is -0.135. The van der Waals surface area contributed by atoms with Gasteiger partial charge in [-0.2, -0.15) is 11.8 Å². The molecule has 0 aliphatic carbocycles. The van der Waals surface area contributed by atoms with Crippen LogP contribution in [0.3, 0.4) is 0 Å². The molecule has 140 valence electrons. The number of aryl methyl sites for hydroxylation is 2. The van der Waals surface area contributed by atoms with E-state index in [0.717, 1.165) is 35.4 Å². The number of thioether (sulfide) groups is 1. The van der Waals surface area contributed by atoms with Gasteiger partial charge in [-0.25, -0.2) is 4.79 Å². The van der Waals surface area contributed by atoms with E-state index < -0.39 is 11.9 Å². The number of amides is 2. The first-order valence-electron chi connectivity index (χ1n) is 8.75. The lowest BCUT2D eigenvalue weighted by atomic mass is 10.1. The SMILES string of the molecule is Cn1c(=O)n(C2CCC(=O)NC2=O)c2ccc(CCCSCCO)cc21. The molecule has 2 heterocycles. The van der Waals surface area contributed by atoms with Crippen LogP contribution in [0, 0.1) is 0 Å². The molecule has 7 nitrogen and oxygen atoms in total. The fourth-order valence-electron chi connectivity index (χ4n) is 3.34. The highest BCUT2D eigenvalue weighted by molar-refractivity contribution is 7.99. The Morgan fingerprint density at radius 3 is 2.77 bits per heavy atom. The summed E-state index contributed by atoms with van der Waals surface area (Å²) in [5.74, 6) is 1.03. The van der Waals surface area contributed by atoms with E-state index in [0.29, 0.717) is 11.9 Å². The Morgan fingerprint density at radius 1 is 1.23 bits per heavy atom. The number of hydrogen-bond donors (Lipinski definition) is 2. The van der Waals surface area contributed by atoms with Gasteiger partial charge in [-0.3, -0.25) is 24.0 Å². The van der Waals surface area contributed by atoms with Gasteiger partial charge in [0.05, 0.1) is 17.6 Å². The summed E-state index contributed by atoms with van der Waals surface area (Å²) in [6.45, 7) is 0.201. The van der Waals surface area contributed by atoms with Crippen LogP contribution in [-0.2, 0) is 23.1 Å². The number of hydrogen-bond acceptors (Lipinski definition) is 5. The Kier molecular flexibility index (Phi) is 5.83. The largest absolute Gasteiger partial charge is 0.396 e. The van der Waals surface area contributed by atoms with Crippen LogP contribution in [0.4, 0.5) is 0 Å². The highest BCUT2D eigenvalue weighted by atomic mass is 32.2. The molecule has 3 rings (SSSR count). The normalized spacial score (nSPS) is 17.7. The predicted octanol–water partition coefficient (Wildman–Crippen LogP) is 0.976. The highest BCUT2D eigenvalue weighted by Gasteiger charge is 2.31. The summed E-state index contributed by atoms with van der Waals surface area (Å²) >= 11 is 1.72. The summed E-state index contributed by atoms with van der Waals surface area (Å²) in [5, 5.41) is 11.1. The van der Waals surface area contributed by atoms with Gasteiger partial charge in [0.1, 0.15) is 6.04 Å². The number of piperidine rings is 1. The Hall–Kier alpha value is -2.06. The Balaban J connectivity index is 1.85. The third-order valence-electron chi connectivity index (χ3n) is 4.67. The molecule has 1 saturated heterocycles. The number of nitrogens with one attached hydrogen (secondary N) is 1. The number of rotatable bonds is 7. The number of aliphatic hydroxyl groups excluding tert-OH is 1. The molecule has 0 radical (unpaired) electrons. The molecule has 1 aliphatic heterocycles. The third-order valence-corrected chi connectivity index (χ3v) is 5.71. The van der Waals surface area contributed by atoms with E-state index in [9.17, 15) is 14.4 Å². The minimum atomic E-state index is -0.648. The number of aliphatic hydroxyl groups is 1. The van der Waals surface area contributed by atoms with Crippen molar-refractivity contribution in [2.24, 2.45) is 7.05 Å². The summed E-state index contributed by atoms with van der Waals surface area (Å²) in [7, 11) is 1.70. The van der Waals surface area contributed by atoms with Crippen LogP contribution < -0.4 is 11.0 Å². The molecule has 8 heteroatoms. The topological polar surface area (TPSA) is 93.3 Å². The zero-order chi connectivity index (χ0) is 18.7. The molecular formula is C18H23N3O4S. The first kappa shape index (κ1) is 18.7. The zero-order valence-electron chi connectivity index (χ0n) is 14.7. The van der Waals surface area contributed by atoms with Gasteiger partial charge in [0.2, 0.25) is 11.8 Å². The molecule has 0 saturated carbocycles. The molecule has 0 spiro atoms. The lowest BCUT2D eigenvalue weighted by Gasteiger charge is -2.21. The quantitative estimate of drug-likeness (QED) is 0.554. The van der Waals surface area contributed by atoms with Gasteiger partial charge in [0.25, 0.3) is 0 Å². The predicted molar refractivity (Wildman–Crippen MR) is 101 cm³/mol. The maximum Gasteiger partial charge on any atom is 0.329 e. The van der Waals surface area contributed by atoms with Crippen molar-refractivity contribution in [1.82, 2.24) is 14.5 Å². The van der Waals surface area contributed by atoms with E-state index in [1.54, 1.807) is 23.4 Å². The van der Waals surface area contributed by atoms with Crippen LogP contribution in [-0.4, -0.2) is 44.2 Å². The first-order chi connectivity index (χ1) is 12.5. The average Bonchev–Trinajstić information content (AvgIpc) is 2.86. The van der Waals surface area contributed by atoms with Gasteiger partial charge in [0, 0.05) is 19.2 Å². The molecular weight excluding hydrogens is 354 g/mol. The minimum absolute atomic E-state index is 0.201. The summed E-state index contributed by atoms with van der Waals surface area (Å²) < 4.78 is 3.06. The zero-order valence-corrected chi connectivity index (χ0v) is 15.6. The van der Waals surface area contributed by atoms with E-state index in [-0.39, 0.29) is 24.6 Å². The fraction of sp³-hybridized carbons (Fsp3) is 0.500. The van der Waals surface area contributed by atoms with Crippen molar-refractivity contribution in [3.63, 3.8) is 0 Å². The number of imide groups is 1. The van der Waals surface area contributed by atoms with Crippen molar-refractivity contribution in [3.05, 3.63) is 34.2 Å². The first-order valence-corrected chi connectivity index (χ1v) is 9.90. The Morgan fingerprint density at radius 2 is 2.04 bits per heavy atom. The molecule has 1 aromatic carbocycles. The smallest absolute Gasteiger partial charge is 0.329 e. The van der Waals surface area contributed by atoms with Gasteiger partial charge in [0.15, 0.2) is 0 Å². The van der Waals surface area contributed by atoms with Crippen LogP contribution in [0.25, 0.3) is 11.0 Å². The molecule has 1 atom stereocenters. The van der Waals surface area contributed by atoms with Crippen molar-refractivity contribution in [3.8, 4) is 0 Å². The monoisotopic (exact) mass is 377 g/mol. The Labute approximate surface area is 155 Å². The van der Waals surface area contributed by atoms with Crippen LogP contribution in [0.15, 0.2) is 23.0 Å². The number of nitrogens with zero attached hydrogens (tertiary/aromatic N) is 2. The molecule has 2 amide bonds. The molecule has 1 aliphatic rings. The van der Waals surface area contributed by atoms with Gasteiger partial charge < -0.3 is 5.11 Å². The molecule has 2 aromatic rings. The van der Waals surface area contributed by atoms with Crippen molar-refractivity contribution in [2.75, 3.05) is 18.1 Å². The lowest BCUT2D eigenvalue weighted by Crippen LogP contribution is -2.44. The number of fused-ring (bicyclic) bond motifs is 1. The summed E-state index contributed by atoms with van der Waals surface area (Å²) in [4.78, 5) is 36.3. The number of carbonyl (C=O) groups is 2. The summed E-state index contributed by atoms with van der Waals surface area (Å²) in [6.07, 6.45) is 2.47. The van der Waals surface area contributed by atoms with Gasteiger partial charge in [-0.15, -0.1) is 0 Å². The number of carbonyl (C=O) groups excluding carboxylic acids is 2. The third kappa shape index (κ3) is 3.71. The molecule has 26 heavy (non-hydrogen) atoms. The van der Waals surface area contributed by atoms with E-state index >= 15 is 0 Å². The molecule has 1 unspecified atom stereocenters. The second-order valence-electron chi connectivity index (χ2n) is 6.44.